The fraction of sp³-hybridized carbons (Fsp3) is 0.611. The van der Waals surface area contributed by atoms with Crippen LogP contribution in [0.5, 0.6) is 0 Å². The third kappa shape index (κ3) is 4.73. The number of nitrogens with zero attached hydrogens (tertiary/aromatic N) is 1. The molecule has 1 aromatic carbocycles. The first kappa shape index (κ1) is 16.8. The van der Waals surface area contributed by atoms with Crippen molar-refractivity contribution < 1.29 is 9.90 Å². The van der Waals surface area contributed by atoms with Gasteiger partial charge >= 0.3 is 6.03 Å². The average Bonchev–Trinajstić information content (AvgIpc) is 2.65. The molecule has 0 aromatic heterocycles. The molecule has 0 aliphatic carbocycles. The number of rotatable bonds is 4. The summed E-state index contributed by atoms with van der Waals surface area (Å²) in [5.41, 5.74) is 2.50. The van der Waals surface area contributed by atoms with Crippen molar-refractivity contribution in [3.8, 4) is 0 Å². The molecule has 0 saturated heterocycles. The number of benzene rings is 1. The highest BCUT2D eigenvalue weighted by molar-refractivity contribution is 5.74. The summed E-state index contributed by atoms with van der Waals surface area (Å²) in [6.45, 7) is 7.97. The highest BCUT2D eigenvalue weighted by atomic mass is 16.3. The Morgan fingerprint density at radius 3 is 2.73 bits per heavy atom. The van der Waals surface area contributed by atoms with Gasteiger partial charge in [-0.25, -0.2) is 4.79 Å². The zero-order chi connectivity index (χ0) is 16.2. The van der Waals surface area contributed by atoms with E-state index in [9.17, 15) is 9.90 Å². The summed E-state index contributed by atoms with van der Waals surface area (Å²) in [6.07, 6.45) is 2.36. The molecule has 0 spiro atoms. The molecular weight excluding hydrogens is 276 g/mol. The van der Waals surface area contributed by atoms with Gasteiger partial charge in [0.25, 0.3) is 0 Å². The summed E-state index contributed by atoms with van der Waals surface area (Å²) >= 11 is 0. The number of fused-ring (bicyclic) bond motifs is 1. The standard InChI is InChI=1S/C18H28N2O2/c1-14(21)11-18(2,3)13-19-17(22)20-10-6-9-15-7-4-5-8-16(15)12-20/h4-5,7-8,14,21H,6,9-13H2,1-3H3,(H,19,22). The van der Waals surface area contributed by atoms with Crippen LogP contribution in [0.2, 0.25) is 0 Å². The number of hydrogen-bond donors (Lipinski definition) is 2. The molecule has 1 aromatic rings. The quantitative estimate of drug-likeness (QED) is 0.898. The zero-order valence-electron chi connectivity index (χ0n) is 13.9. The second-order valence-corrected chi connectivity index (χ2v) is 7.17. The number of urea groups is 1. The van der Waals surface area contributed by atoms with E-state index in [1.807, 2.05) is 11.0 Å². The molecule has 1 aliphatic heterocycles. The molecule has 4 nitrogen and oxygen atoms in total. The highest BCUT2D eigenvalue weighted by Gasteiger charge is 2.24. The molecule has 0 saturated carbocycles. The Morgan fingerprint density at radius 1 is 1.36 bits per heavy atom. The maximum Gasteiger partial charge on any atom is 0.317 e. The van der Waals surface area contributed by atoms with E-state index in [1.54, 1.807) is 6.92 Å². The fourth-order valence-corrected chi connectivity index (χ4v) is 3.17. The SMILES string of the molecule is CC(O)CC(C)(C)CNC(=O)N1CCCc2ccccc2C1. The van der Waals surface area contributed by atoms with Crippen LogP contribution < -0.4 is 5.32 Å². The van der Waals surface area contributed by atoms with Crippen LogP contribution in [0.15, 0.2) is 24.3 Å². The number of nitrogens with one attached hydrogen (secondary N) is 1. The average molecular weight is 304 g/mol. The minimum Gasteiger partial charge on any atom is -0.393 e. The van der Waals surface area contributed by atoms with Gasteiger partial charge in [0.2, 0.25) is 0 Å². The monoisotopic (exact) mass is 304 g/mol. The number of aliphatic hydroxyl groups excluding tert-OH is 1. The molecule has 2 N–H and O–H groups in total. The molecular formula is C18H28N2O2. The lowest BCUT2D eigenvalue weighted by Crippen LogP contribution is -2.43. The molecule has 0 radical (unpaired) electrons. The highest BCUT2D eigenvalue weighted by Crippen LogP contribution is 2.22. The van der Waals surface area contributed by atoms with Crippen molar-refractivity contribution in [2.24, 2.45) is 5.41 Å². The van der Waals surface area contributed by atoms with E-state index in [0.29, 0.717) is 19.5 Å². The zero-order valence-corrected chi connectivity index (χ0v) is 13.9. The van der Waals surface area contributed by atoms with Crippen LogP contribution in [0.25, 0.3) is 0 Å². The Morgan fingerprint density at radius 2 is 2.05 bits per heavy atom. The molecule has 0 fully saturated rings. The van der Waals surface area contributed by atoms with Crippen LogP contribution in [-0.2, 0) is 13.0 Å². The smallest absolute Gasteiger partial charge is 0.317 e. The van der Waals surface area contributed by atoms with Gasteiger partial charge in [-0.1, -0.05) is 38.1 Å². The maximum absolute atomic E-state index is 12.4. The Balaban J connectivity index is 1.93. The van der Waals surface area contributed by atoms with Crippen molar-refractivity contribution in [1.29, 1.82) is 0 Å². The molecule has 1 atom stereocenters. The lowest BCUT2D eigenvalue weighted by Gasteiger charge is -2.28. The number of aryl methyl sites for hydroxylation is 1. The minimum absolute atomic E-state index is 0.00429. The van der Waals surface area contributed by atoms with Crippen molar-refractivity contribution in [3.63, 3.8) is 0 Å². The van der Waals surface area contributed by atoms with Gasteiger partial charge in [-0.3, -0.25) is 0 Å². The third-order valence-electron chi connectivity index (χ3n) is 4.21. The number of aliphatic hydroxyl groups is 1. The molecule has 4 heteroatoms. The molecule has 1 heterocycles. The second kappa shape index (κ2) is 7.14. The van der Waals surface area contributed by atoms with E-state index >= 15 is 0 Å². The van der Waals surface area contributed by atoms with Crippen LogP contribution in [0.3, 0.4) is 0 Å². The van der Waals surface area contributed by atoms with Gasteiger partial charge < -0.3 is 15.3 Å². The van der Waals surface area contributed by atoms with Crippen LogP contribution in [0.4, 0.5) is 4.79 Å². The normalized spacial score (nSPS) is 16.6. The molecule has 2 amide bonds. The van der Waals surface area contributed by atoms with Gasteiger partial charge in [-0.05, 0) is 42.7 Å². The van der Waals surface area contributed by atoms with Crippen LogP contribution in [-0.4, -0.2) is 35.2 Å². The van der Waals surface area contributed by atoms with Gasteiger partial charge in [-0.15, -0.1) is 0 Å². The van der Waals surface area contributed by atoms with Gasteiger partial charge in [0.1, 0.15) is 0 Å². The topological polar surface area (TPSA) is 52.6 Å². The molecule has 1 aliphatic rings. The first-order valence-corrected chi connectivity index (χ1v) is 8.15. The molecule has 122 valence electrons. The van der Waals surface area contributed by atoms with Crippen LogP contribution in [0.1, 0.15) is 44.7 Å². The van der Waals surface area contributed by atoms with E-state index in [1.165, 1.54) is 11.1 Å². The van der Waals surface area contributed by atoms with Crippen molar-refractivity contribution in [2.45, 2.75) is 52.7 Å². The lowest BCUT2D eigenvalue weighted by molar-refractivity contribution is 0.126. The predicted octanol–water partition coefficient (Wildman–Crippen LogP) is 2.94. The number of carbonyl (C=O) groups is 1. The maximum atomic E-state index is 12.4. The van der Waals surface area contributed by atoms with Crippen molar-refractivity contribution in [2.75, 3.05) is 13.1 Å². The summed E-state index contributed by atoms with van der Waals surface area (Å²) in [6, 6.07) is 8.36. The largest absolute Gasteiger partial charge is 0.393 e. The summed E-state index contributed by atoms with van der Waals surface area (Å²) in [4.78, 5) is 14.3. The van der Waals surface area contributed by atoms with E-state index < -0.39 is 0 Å². The lowest BCUT2D eigenvalue weighted by atomic mass is 9.87. The molecule has 0 bridgehead atoms. The van der Waals surface area contributed by atoms with Crippen molar-refractivity contribution in [1.82, 2.24) is 10.2 Å². The van der Waals surface area contributed by atoms with Crippen LogP contribution >= 0.6 is 0 Å². The number of hydrogen-bond acceptors (Lipinski definition) is 2. The van der Waals surface area contributed by atoms with Gasteiger partial charge in [-0.2, -0.15) is 0 Å². The Bertz CT molecular complexity index is 512. The summed E-state index contributed by atoms with van der Waals surface area (Å²) in [5.74, 6) is 0. The van der Waals surface area contributed by atoms with Gasteiger partial charge in [0.05, 0.1) is 6.10 Å². The fourth-order valence-electron chi connectivity index (χ4n) is 3.17. The first-order chi connectivity index (χ1) is 10.4. The van der Waals surface area contributed by atoms with Crippen LogP contribution in [0, 0.1) is 5.41 Å². The van der Waals surface area contributed by atoms with Crippen molar-refractivity contribution in [3.05, 3.63) is 35.4 Å². The summed E-state index contributed by atoms with van der Waals surface area (Å²) < 4.78 is 0. The van der Waals surface area contributed by atoms with E-state index in [4.69, 9.17) is 0 Å². The number of carbonyl (C=O) groups excluding carboxylic acids is 1. The van der Waals surface area contributed by atoms with E-state index in [-0.39, 0.29) is 17.6 Å². The summed E-state index contributed by atoms with van der Waals surface area (Å²) in [7, 11) is 0. The van der Waals surface area contributed by atoms with E-state index in [2.05, 4.69) is 37.4 Å². The Kier molecular flexibility index (Phi) is 5.46. The molecule has 2 rings (SSSR count). The first-order valence-electron chi connectivity index (χ1n) is 8.15. The van der Waals surface area contributed by atoms with E-state index in [0.717, 1.165) is 19.4 Å². The van der Waals surface area contributed by atoms with Gasteiger partial charge in [0, 0.05) is 19.6 Å². The Labute approximate surface area is 133 Å². The molecule has 1 unspecified atom stereocenters. The second-order valence-electron chi connectivity index (χ2n) is 7.17. The predicted molar refractivity (Wildman–Crippen MR) is 88.7 cm³/mol. The summed E-state index contributed by atoms with van der Waals surface area (Å²) in [5, 5.41) is 12.6. The minimum atomic E-state index is -0.350. The Hall–Kier alpha value is -1.55. The molecule has 22 heavy (non-hydrogen) atoms. The van der Waals surface area contributed by atoms with Crippen molar-refractivity contribution >= 4 is 6.03 Å². The third-order valence-corrected chi connectivity index (χ3v) is 4.21. The number of amides is 2. The van der Waals surface area contributed by atoms with Gasteiger partial charge in [0.15, 0.2) is 0 Å².